The molecular formula is C17H13ClF2N4O2. The average molecular weight is 379 g/mol. The van der Waals surface area contributed by atoms with Crippen LogP contribution in [0.25, 0.3) is 0 Å². The highest BCUT2D eigenvalue weighted by atomic mass is 35.5. The van der Waals surface area contributed by atoms with E-state index >= 15 is 0 Å². The minimum Gasteiger partial charge on any atom is -0.434 e. The van der Waals surface area contributed by atoms with Crippen molar-refractivity contribution in [2.75, 3.05) is 12.0 Å². The molecule has 0 aliphatic carbocycles. The van der Waals surface area contributed by atoms with Gasteiger partial charge in [0.2, 0.25) is 0 Å². The molecular weight excluding hydrogens is 366 g/mol. The molecule has 1 aliphatic rings. The summed E-state index contributed by atoms with van der Waals surface area (Å²) < 4.78 is 32.9. The molecule has 3 rings (SSSR count). The first-order chi connectivity index (χ1) is 12.4. The van der Waals surface area contributed by atoms with E-state index in [1.165, 1.54) is 36.5 Å². The van der Waals surface area contributed by atoms with Gasteiger partial charge in [-0.15, -0.1) is 0 Å². The van der Waals surface area contributed by atoms with Gasteiger partial charge in [0.05, 0.1) is 11.3 Å². The molecule has 0 spiro atoms. The van der Waals surface area contributed by atoms with Crippen LogP contribution in [0.5, 0.6) is 0 Å². The van der Waals surface area contributed by atoms with Gasteiger partial charge in [-0.3, -0.25) is 4.79 Å². The normalized spacial score (nSPS) is 18.8. The number of aromatic nitrogens is 1. The monoisotopic (exact) mass is 378 g/mol. The Bertz CT molecular complexity index is 902. The van der Waals surface area contributed by atoms with E-state index in [9.17, 15) is 13.6 Å². The summed E-state index contributed by atoms with van der Waals surface area (Å²) in [7, 11) is 0. The number of benzene rings is 1. The largest absolute Gasteiger partial charge is 0.434 e. The smallest absolute Gasteiger partial charge is 0.288 e. The number of alkyl halides is 1. The molecule has 0 unspecified atom stereocenters. The lowest BCUT2D eigenvalue weighted by atomic mass is 9.90. The van der Waals surface area contributed by atoms with Crippen LogP contribution in [-0.4, -0.2) is 23.6 Å². The lowest BCUT2D eigenvalue weighted by Gasteiger charge is -2.27. The fourth-order valence-electron chi connectivity index (χ4n) is 2.41. The predicted octanol–water partition coefficient (Wildman–Crippen LogP) is 3.15. The Morgan fingerprint density at radius 3 is 2.81 bits per heavy atom. The number of amides is 1. The number of carbonyl (C=O) groups is 1. The summed E-state index contributed by atoms with van der Waals surface area (Å²) in [5.41, 5.74) is 4.08. The molecule has 26 heavy (non-hydrogen) atoms. The Morgan fingerprint density at radius 1 is 1.35 bits per heavy atom. The summed E-state index contributed by atoms with van der Waals surface area (Å²) in [5.74, 6) is -1.23. The van der Waals surface area contributed by atoms with Crippen molar-refractivity contribution < 1.29 is 18.3 Å². The highest BCUT2D eigenvalue weighted by Gasteiger charge is 2.35. The number of nitrogens with zero attached hydrogens (tertiary/aromatic N) is 2. The Morgan fingerprint density at radius 2 is 2.15 bits per heavy atom. The van der Waals surface area contributed by atoms with Gasteiger partial charge >= 0.3 is 0 Å². The number of hydrogen-bond acceptors (Lipinski definition) is 5. The van der Waals surface area contributed by atoms with Crippen molar-refractivity contribution in [2.24, 2.45) is 10.7 Å². The number of aliphatic imine (C=N–C) groups is 1. The van der Waals surface area contributed by atoms with Crippen molar-refractivity contribution in [2.45, 2.75) is 5.54 Å². The first-order valence-corrected chi connectivity index (χ1v) is 7.80. The van der Waals surface area contributed by atoms with Crippen LogP contribution in [0.2, 0.25) is 5.02 Å². The average Bonchev–Trinajstić information content (AvgIpc) is 2.63. The fourth-order valence-corrected chi connectivity index (χ4v) is 2.52. The van der Waals surface area contributed by atoms with Crippen LogP contribution < -0.4 is 11.1 Å². The number of ether oxygens (including phenoxy) is 1. The van der Waals surface area contributed by atoms with E-state index in [0.29, 0.717) is 5.02 Å². The summed E-state index contributed by atoms with van der Waals surface area (Å²) in [4.78, 5) is 20.0. The Labute approximate surface area is 152 Å². The first-order valence-electron chi connectivity index (χ1n) is 7.42. The van der Waals surface area contributed by atoms with Crippen LogP contribution in [0.4, 0.5) is 14.5 Å². The highest BCUT2D eigenvalue weighted by Crippen LogP contribution is 2.34. The maximum absolute atomic E-state index is 14.3. The van der Waals surface area contributed by atoms with Crippen molar-refractivity contribution in [3.8, 4) is 0 Å². The molecule has 1 aliphatic heterocycles. The van der Waals surface area contributed by atoms with Crippen molar-refractivity contribution in [3.05, 3.63) is 71.0 Å². The number of amidine groups is 1. The number of anilines is 1. The molecule has 0 fully saturated rings. The molecule has 1 aromatic heterocycles. The SMILES string of the molecule is NC1=N[C@](CF)(c2cc(NC(=O)c3ccc(Cl)cn3)ccc2F)C=CO1. The second-order valence-corrected chi connectivity index (χ2v) is 5.88. The fraction of sp³-hybridized carbons (Fsp3) is 0.118. The maximum atomic E-state index is 14.3. The van der Waals surface area contributed by atoms with Crippen LogP contribution in [-0.2, 0) is 10.3 Å². The third-order valence-corrected chi connectivity index (χ3v) is 3.92. The molecule has 6 nitrogen and oxygen atoms in total. The van der Waals surface area contributed by atoms with Gasteiger partial charge in [-0.25, -0.2) is 18.8 Å². The van der Waals surface area contributed by atoms with E-state index in [0.717, 1.165) is 12.3 Å². The zero-order valence-electron chi connectivity index (χ0n) is 13.2. The van der Waals surface area contributed by atoms with Crippen molar-refractivity contribution >= 4 is 29.2 Å². The molecule has 1 aromatic carbocycles. The molecule has 0 bridgehead atoms. The minimum absolute atomic E-state index is 0.0932. The molecule has 0 radical (unpaired) electrons. The molecule has 0 saturated carbocycles. The van der Waals surface area contributed by atoms with Crippen molar-refractivity contribution in [3.63, 3.8) is 0 Å². The van der Waals surface area contributed by atoms with Crippen LogP contribution in [0.15, 0.2) is 53.9 Å². The van der Waals surface area contributed by atoms with E-state index in [1.54, 1.807) is 0 Å². The predicted molar refractivity (Wildman–Crippen MR) is 93.1 cm³/mol. The van der Waals surface area contributed by atoms with E-state index in [2.05, 4.69) is 15.3 Å². The molecule has 1 amide bonds. The zero-order valence-corrected chi connectivity index (χ0v) is 14.0. The summed E-state index contributed by atoms with van der Waals surface area (Å²) in [6.07, 6.45) is 3.73. The van der Waals surface area contributed by atoms with Crippen LogP contribution in [0.1, 0.15) is 16.1 Å². The molecule has 0 saturated heterocycles. The van der Waals surface area contributed by atoms with Crippen LogP contribution in [0, 0.1) is 5.82 Å². The summed E-state index contributed by atoms with van der Waals surface area (Å²) in [5, 5.41) is 2.95. The standard InChI is InChI=1S/C17H13ClF2N4O2/c18-10-1-4-14(22-8-10)15(25)23-11-2-3-13(20)12(7-11)17(9-19)5-6-26-16(21)24-17/h1-8H,9H2,(H2,21,24)(H,23,25)/t17-/m1/s1. The first kappa shape index (κ1) is 17.8. The van der Waals surface area contributed by atoms with Gasteiger partial charge in [0, 0.05) is 17.4 Å². The van der Waals surface area contributed by atoms with Gasteiger partial charge in [-0.05, 0) is 36.4 Å². The summed E-state index contributed by atoms with van der Waals surface area (Å²) >= 11 is 5.73. The van der Waals surface area contributed by atoms with Gasteiger partial charge in [-0.1, -0.05) is 11.6 Å². The van der Waals surface area contributed by atoms with E-state index in [1.807, 2.05) is 0 Å². The molecule has 3 N–H and O–H groups in total. The Hall–Kier alpha value is -3.00. The number of nitrogens with one attached hydrogen (secondary N) is 1. The van der Waals surface area contributed by atoms with Gasteiger partial charge in [0.25, 0.3) is 11.9 Å². The number of nitrogens with two attached hydrogens (primary N) is 1. The quantitative estimate of drug-likeness (QED) is 0.855. The third-order valence-electron chi connectivity index (χ3n) is 3.70. The molecule has 9 heteroatoms. The summed E-state index contributed by atoms with van der Waals surface area (Å²) in [6.45, 7) is -1.04. The third kappa shape index (κ3) is 3.50. The number of halogens is 3. The summed E-state index contributed by atoms with van der Waals surface area (Å²) in [6, 6.07) is 6.40. The lowest BCUT2D eigenvalue weighted by Crippen LogP contribution is -2.32. The van der Waals surface area contributed by atoms with Crippen molar-refractivity contribution in [1.82, 2.24) is 4.98 Å². The second-order valence-electron chi connectivity index (χ2n) is 5.44. The highest BCUT2D eigenvalue weighted by molar-refractivity contribution is 6.30. The molecule has 2 aromatic rings. The molecule has 1 atom stereocenters. The number of pyridine rings is 1. The van der Waals surface area contributed by atoms with Crippen LogP contribution in [0.3, 0.4) is 0 Å². The van der Waals surface area contributed by atoms with Crippen LogP contribution >= 0.6 is 11.6 Å². The lowest BCUT2D eigenvalue weighted by molar-refractivity contribution is 0.102. The van der Waals surface area contributed by atoms with Gasteiger partial charge in [0.1, 0.15) is 23.7 Å². The molecule has 134 valence electrons. The maximum Gasteiger partial charge on any atom is 0.288 e. The zero-order chi connectivity index (χ0) is 18.7. The van der Waals surface area contributed by atoms with E-state index in [4.69, 9.17) is 22.1 Å². The topological polar surface area (TPSA) is 89.6 Å². The second kappa shape index (κ2) is 7.09. The minimum atomic E-state index is -1.66. The Kier molecular flexibility index (Phi) is 4.85. The number of carbonyl (C=O) groups excluding carboxylic acids is 1. The van der Waals surface area contributed by atoms with Gasteiger partial charge < -0.3 is 15.8 Å². The van der Waals surface area contributed by atoms with Gasteiger partial charge in [-0.2, -0.15) is 0 Å². The van der Waals surface area contributed by atoms with E-state index in [-0.39, 0.29) is 23.0 Å². The number of hydrogen-bond donors (Lipinski definition) is 2. The van der Waals surface area contributed by atoms with Gasteiger partial charge in [0.15, 0.2) is 0 Å². The van der Waals surface area contributed by atoms with E-state index < -0.39 is 23.9 Å². The molecule has 2 heterocycles. The Balaban J connectivity index is 1.93. The number of rotatable bonds is 4. The van der Waals surface area contributed by atoms with Crippen molar-refractivity contribution in [1.29, 1.82) is 0 Å².